The number of nitrogens with zero attached hydrogens (tertiary/aromatic N) is 1. The van der Waals surface area contributed by atoms with E-state index in [9.17, 15) is 19.3 Å². The van der Waals surface area contributed by atoms with Gasteiger partial charge in [0.1, 0.15) is 17.3 Å². The van der Waals surface area contributed by atoms with Crippen LogP contribution in [0.3, 0.4) is 0 Å². The van der Waals surface area contributed by atoms with Crippen LogP contribution in [0, 0.1) is 22.9 Å². The molecular weight excluding hydrogens is 337 g/mol. The summed E-state index contributed by atoms with van der Waals surface area (Å²) in [5.41, 5.74) is -0.513. The minimum Gasteiger partial charge on any atom is -0.462 e. The third-order valence-corrected chi connectivity index (χ3v) is 3.01. The highest BCUT2D eigenvalue weighted by Gasteiger charge is 2.12. The predicted octanol–water partition coefficient (Wildman–Crippen LogP) is 3.16. The molecule has 24 heavy (non-hydrogen) atoms. The molecule has 124 valence electrons. The molecule has 0 spiro atoms. The van der Waals surface area contributed by atoms with Gasteiger partial charge in [-0.25, -0.2) is 4.39 Å². The first-order valence-electron chi connectivity index (χ1n) is 6.65. The first-order chi connectivity index (χ1) is 11.3. The third kappa shape index (κ3) is 4.71. The summed E-state index contributed by atoms with van der Waals surface area (Å²) in [5, 5.41) is 15.2. The van der Waals surface area contributed by atoms with E-state index in [2.05, 4.69) is 10.6 Å². The Bertz CT molecular complexity index is 832. The highest BCUT2D eigenvalue weighted by Crippen LogP contribution is 2.21. The van der Waals surface area contributed by atoms with Crippen molar-refractivity contribution in [2.24, 2.45) is 0 Å². The van der Waals surface area contributed by atoms with Crippen molar-refractivity contribution in [1.29, 1.82) is 0 Å². The Morgan fingerprint density at radius 1 is 1.38 bits per heavy atom. The van der Waals surface area contributed by atoms with Crippen molar-refractivity contribution < 1.29 is 18.5 Å². The second kappa shape index (κ2) is 7.47. The number of amides is 1. The number of hydrogen-bond donors (Lipinski definition) is 2. The van der Waals surface area contributed by atoms with Crippen LogP contribution in [0.1, 0.15) is 11.5 Å². The van der Waals surface area contributed by atoms with Crippen molar-refractivity contribution in [3.8, 4) is 0 Å². The quantitative estimate of drug-likeness (QED) is 0.381. The van der Waals surface area contributed by atoms with Gasteiger partial charge in [-0.1, -0.05) is 0 Å². The molecule has 0 aliphatic rings. The number of nitrogens with one attached hydrogen (secondary N) is 2. The molecule has 2 aromatic rings. The minimum atomic E-state index is -0.737. The molecule has 2 N–H and O–H groups in total. The number of carbonyl (C=O) groups excluding carboxylic acids is 1. The number of aryl methyl sites for hydroxylation is 1. The summed E-state index contributed by atoms with van der Waals surface area (Å²) in [6, 6.07) is 6.37. The molecule has 1 amide bonds. The van der Waals surface area contributed by atoms with Gasteiger partial charge < -0.3 is 9.73 Å². The van der Waals surface area contributed by atoms with Gasteiger partial charge >= 0.3 is 0 Å². The minimum absolute atomic E-state index is 0.195. The summed E-state index contributed by atoms with van der Waals surface area (Å²) in [5.74, 6) is -0.106. The topological polar surface area (TPSA) is 97.4 Å². The van der Waals surface area contributed by atoms with Gasteiger partial charge in [0.15, 0.2) is 5.11 Å². The Labute approximate surface area is 141 Å². The molecule has 0 atom stereocenters. The van der Waals surface area contributed by atoms with Crippen molar-refractivity contribution in [3.63, 3.8) is 0 Å². The predicted molar refractivity (Wildman–Crippen MR) is 89.9 cm³/mol. The van der Waals surface area contributed by atoms with E-state index in [1.165, 1.54) is 12.2 Å². The Hall–Kier alpha value is -3.07. The molecule has 1 aromatic carbocycles. The van der Waals surface area contributed by atoms with E-state index in [0.717, 1.165) is 18.2 Å². The van der Waals surface area contributed by atoms with Gasteiger partial charge in [-0.2, -0.15) is 0 Å². The van der Waals surface area contributed by atoms with Crippen molar-refractivity contribution in [1.82, 2.24) is 5.32 Å². The molecule has 0 unspecified atom stereocenters. The maximum absolute atomic E-state index is 13.6. The number of nitro benzene ring substituents is 1. The number of anilines is 1. The monoisotopic (exact) mass is 349 g/mol. The van der Waals surface area contributed by atoms with Crippen molar-refractivity contribution in [3.05, 3.63) is 63.9 Å². The Kier molecular flexibility index (Phi) is 5.38. The molecule has 0 aliphatic carbocycles. The number of rotatable bonds is 4. The average Bonchev–Trinajstić information content (AvgIpc) is 2.92. The second-order valence-electron chi connectivity index (χ2n) is 4.65. The van der Waals surface area contributed by atoms with Crippen LogP contribution in [-0.4, -0.2) is 15.9 Å². The lowest BCUT2D eigenvalue weighted by molar-refractivity contribution is -0.384. The number of hydrogen-bond acceptors (Lipinski definition) is 5. The molecule has 0 saturated carbocycles. The number of furan rings is 1. The van der Waals surface area contributed by atoms with Crippen molar-refractivity contribution >= 4 is 40.7 Å². The smallest absolute Gasteiger partial charge is 0.271 e. The second-order valence-corrected chi connectivity index (χ2v) is 5.05. The maximum atomic E-state index is 13.6. The molecule has 7 nitrogen and oxygen atoms in total. The van der Waals surface area contributed by atoms with Crippen LogP contribution in [-0.2, 0) is 4.79 Å². The zero-order valence-electron chi connectivity index (χ0n) is 12.4. The number of thiocarbonyl (C=S) groups is 1. The molecule has 0 radical (unpaired) electrons. The molecule has 1 heterocycles. The first-order valence-corrected chi connectivity index (χ1v) is 7.06. The fourth-order valence-electron chi connectivity index (χ4n) is 1.73. The molecule has 0 aliphatic heterocycles. The van der Waals surface area contributed by atoms with Crippen LogP contribution in [0.2, 0.25) is 0 Å². The van der Waals surface area contributed by atoms with Gasteiger partial charge in [0.25, 0.3) is 5.69 Å². The van der Waals surface area contributed by atoms with Crippen LogP contribution < -0.4 is 10.6 Å². The summed E-state index contributed by atoms with van der Waals surface area (Å²) in [4.78, 5) is 21.7. The van der Waals surface area contributed by atoms with E-state index in [1.54, 1.807) is 19.1 Å². The van der Waals surface area contributed by atoms with E-state index in [1.807, 2.05) is 0 Å². The highest BCUT2D eigenvalue weighted by molar-refractivity contribution is 7.80. The van der Waals surface area contributed by atoms with Crippen LogP contribution in [0.5, 0.6) is 0 Å². The summed E-state index contributed by atoms with van der Waals surface area (Å²) in [6.07, 6.45) is 2.63. The van der Waals surface area contributed by atoms with Gasteiger partial charge in [0, 0.05) is 18.2 Å². The molecule has 0 fully saturated rings. The number of benzene rings is 1. The molecule has 0 saturated heterocycles. The van der Waals surface area contributed by atoms with Crippen LogP contribution in [0.25, 0.3) is 6.08 Å². The van der Waals surface area contributed by atoms with Crippen LogP contribution >= 0.6 is 12.2 Å². The van der Waals surface area contributed by atoms with Gasteiger partial charge in [0.05, 0.1) is 10.6 Å². The zero-order chi connectivity index (χ0) is 17.7. The van der Waals surface area contributed by atoms with E-state index in [4.69, 9.17) is 16.6 Å². The maximum Gasteiger partial charge on any atom is 0.271 e. The molecular formula is C15H12FN3O4S. The molecule has 1 aromatic heterocycles. The number of nitro groups is 1. The number of non-ortho nitro benzene ring substituents is 1. The summed E-state index contributed by atoms with van der Waals surface area (Å²) < 4.78 is 18.9. The standard InChI is InChI=1S/C15H12FN3O4S/c1-9-2-4-11(23-9)5-7-14(20)18-15(24)17-13-8-10(19(21)22)3-6-12(13)16/h2-8H,1H3,(H2,17,18,20,24). The SMILES string of the molecule is Cc1ccc(C=CC(=O)NC(=S)Nc2cc([N+](=O)[O-])ccc2F)o1. The van der Waals surface area contributed by atoms with Crippen molar-refractivity contribution in [2.45, 2.75) is 6.92 Å². The van der Waals surface area contributed by atoms with E-state index >= 15 is 0 Å². The van der Waals surface area contributed by atoms with Crippen LogP contribution in [0.15, 0.2) is 40.8 Å². The van der Waals surface area contributed by atoms with Gasteiger partial charge in [0.2, 0.25) is 5.91 Å². The largest absolute Gasteiger partial charge is 0.462 e. The zero-order valence-corrected chi connectivity index (χ0v) is 13.2. The number of halogens is 1. The first kappa shape index (κ1) is 17.3. The Balaban J connectivity index is 1.97. The third-order valence-electron chi connectivity index (χ3n) is 2.81. The average molecular weight is 349 g/mol. The number of carbonyl (C=O) groups is 1. The lowest BCUT2D eigenvalue weighted by Gasteiger charge is -2.08. The van der Waals surface area contributed by atoms with E-state index in [-0.39, 0.29) is 16.5 Å². The lowest BCUT2D eigenvalue weighted by Crippen LogP contribution is -2.33. The molecule has 0 bridgehead atoms. The lowest BCUT2D eigenvalue weighted by atomic mass is 10.2. The highest BCUT2D eigenvalue weighted by atomic mass is 32.1. The Morgan fingerprint density at radius 2 is 2.12 bits per heavy atom. The fourth-order valence-corrected chi connectivity index (χ4v) is 1.94. The van der Waals surface area contributed by atoms with Gasteiger partial charge in [-0.05, 0) is 43.4 Å². The van der Waals surface area contributed by atoms with Gasteiger partial charge in [-0.3, -0.25) is 20.2 Å². The summed E-state index contributed by atoms with van der Waals surface area (Å²) in [7, 11) is 0. The van der Waals surface area contributed by atoms with Crippen molar-refractivity contribution in [2.75, 3.05) is 5.32 Å². The van der Waals surface area contributed by atoms with Crippen LogP contribution in [0.4, 0.5) is 15.8 Å². The fraction of sp³-hybridized carbons (Fsp3) is 0.0667. The van der Waals surface area contributed by atoms with Gasteiger partial charge in [-0.15, -0.1) is 0 Å². The Morgan fingerprint density at radius 3 is 2.75 bits per heavy atom. The molecule has 9 heteroatoms. The normalized spacial score (nSPS) is 10.6. The van der Waals surface area contributed by atoms with E-state index in [0.29, 0.717) is 11.5 Å². The van der Waals surface area contributed by atoms with E-state index < -0.39 is 16.6 Å². The summed E-state index contributed by atoms with van der Waals surface area (Å²) >= 11 is 4.88. The molecule has 2 rings (SSSR count). The summed E-state index contributed by atoms with van der Waals surface area (Å²) in [6.45, 7) is 1.77.